The summed E-state index contributed by atoms with van der Waals surface area (Å²) in [4.78, 5) is 0. The van der Waals surface area contributed by atoms with Crippen LogP contribution in [0, 0.1) is 10.8 Å². The van der Waals surface area contributed by atoms with Crippen molar-refractivity contribution >= 4 is 14.4 Å². The van der Waals surface area contributed by atoms with E-state index in [-0.39, 0.29) is 50.1 Å². The standard InChI is InChI=1S/C31H37.C15H8F6.C5H5.2ClH.Zr/c1-28(2,3)26-16-30(7,8)24-12-18-11-19-13-25-23(15-21(19)20(18)14-22(24)26)27(29(4,5)6)17-31(25,9)10;16-14(17,18)12-5-1-10(2-6-12)9-11-3-7-13(8-4-11)15(19,20)21;1-2-4-5-3-1;;;/h11-17H,1-10H3;1-8H;1-3H,4H2;2*1H;/q;;;;;+2/p-2. The number of fused-ring (bicyclic) bond motifs is 5. The Kier molecular flexibility index (Phi) is 11.7. The van der Waals surface area contributed by atoms with Gasteiger partial charge in [-0.3, -0.25) is 0 Å². The molecular formula is C51H50Cl2F6Zr. The molecule has 4 aliphatic carbocycles. The smallest absolute Gasteiger partial charge is 1.00 e. The molecule has 4 aromatic rings. The summed E-state index contributed by atoms with van der Waals surface area (Å²) in [7, 11) is 0. The van der Waals surface area contributed by atoms with Crippen molar-refractivity contribution in [1.29, 1.82) is 0 Å². The van der Waals surface area contributed by atoms with Gasteiger partial charge in [0.15, 0.2) is 0 Å². The molecule has 0 unspecified atom stereocenters. The number of hydrogen-bond donors (Lipinski definition) is 0. The molecule has 4 aromatic carbocycles. The Balaban J connectivity index is 0.00000302. The first-order valence-electron chi connectivity index (χ1n) is 20.1. The van der Waals surface area contributed by atoms with Crippen molar-refractivity contribution in [3.8, 4) is 11.1 Å². The van der Waals surface area contributed by atoms with Gasteiger partial charge < -0.3 is 24.8 Å². The normalized spacial score (nSPS) is 17.3. The Labute approximate surface area is 370 Å². The Morgan fingerprint density at radius 2 is 0.950 bits per heavy atom. The fourth-order valence-corrected chi connectivity index (χ4v) is 18.7. The number of benzene rings is 4. The molecule has 8 rings (SSSR count). The van der Waals surface area contributed by atoms with Gasteiger partial charge in [0.2, 0.25) is 0 Å². The van der Waals surface area contributed by atoms with Gasteiger partial charge in [-0.25, -0.2) is 0 Å². The Morgan fingerprint density at radius 3 is 1.27 bits per heavy atom. The van der Waals surface area contributed by atoms with Crippen molar-refractivity contribution in [3.05, 3.63) is 162 Å². The molecular weight excluding hydrogens is 889 g/mol. The summed E-state index contributed by atoms with van der Waals surface area (Å²) in [5.41, 5.74) is 11.4. The molecule has 9 heteroatoms. The van der Waals surface area contributed by atoms with Crippen molar-refractivity contribution in [1.82, 2.24) is 0 Å². The second-order valence-electron chi connectivity index (χ2n) is 19.7. The number of allylic oxidation sites excluding steroid dienone is 8. The zero-order valence-electron chi connectivity index (χ0n) is 35.6. The molecule has 0 heterocycles. The fraction of sp³-hybridized carbons (Fsp3) is 0.353. The first-order valence-corrected chi connectivity index (χ1v) is 24.0. The van der Waals surface area contributed by atoms with Crippen LogP contribution in [-0.4, -0.2) is 3.21 Å². The summed E-state index contributed by atoms with van der Waals surface area (Å²) >= 11 is -3.52. The minimum absolute atomic E-state index is 0. The maximum absolute atomic E-state index is 14.0. The molecule has 60 heavy (non-hydrogen) atoms. The van der Waals surface area contributed by atoms with Crippen LogP contribution >= 0.6 is 0 Å². The van der Waals surface area contributed by atoms with Gasteiger partial charge in [0.25, 0.3) is 0 Å². The van der Waals surface area contributed by atoms with Gasteiger partial charge in [-0.2, -0.15) is 0 Å². The molecule has 314 valence electrons. The second kappa shape index (κ2) is 15.2. The van der Waals surface area contributed by atoms with E-state index in [2.05, 4.69) is 124 Å². The van der Waals surface area contributed by atoms with E-state index in [4.69, 9.17) is 0 Å². The van der Waals surface area contributed by atoms with Crippen molar-refractivity contribution in [2.24, 2.45) is 10.8 Å². The third-order valence-electron chi connectivity index (χ3n) is 12.6. The number of alkyl halides is 6. The summed E-state index contributed by atoms with van der Waals surface area (Å²) in [5.74, 6) is 0. The minimum atomic E-state index is -4.53. The third-order valence-corrected chi connectivity index (χ3v) is 20.9. The predicted molar refractivity (Wildman–Crippen MR) is 223 cm³/mol. The molecule has 0 aromatic heterocycles. The molecule has 0 saturated heterocycles. The molecule has 0 atom stereocenters. The van der Waals surface area contributed by atoms with E-state index >= 15 is 0 Å². The first-order chi connectivity index (χ1) is 26.8. The van der Waals surface area contributed by atoms with Gasteiger partial charge in [-0.1, -0.05) is 0 Å². The monoisotopic (exact) mass is 936 g/mol. The van der Waals surface area contributed by atoms with E-state index in [9.17, 15) is 26.3 Å². The molecule has 0 N–H and O–H groups in total. The van der Waals surface area contributed by atoms with Crippen LogP contribution in [0.3, 0.4) is 0 Å². The first kappa shape index (κ1) is 46.3. The maximum atomic E-state index is 14.0. The van der Waals surface area contributed by atoms with Gasteiger partial charge in [-0.05, 0) is 0 Å². The van der Waals surface area contributed by atoms with Crippen LogP contribution in [0.2, 0.25) is 0 Å². The summed E-state index contributed by atoms with van der Waals surface area (Å²) in [5, 5.41) is 0. The van der Waals surface area contributed by atoms with Gasteiger partial charge in [-0.15, -0.1) is 0 Å². The largest absolute Gasteiger partial charge is 1.00 e. The molecule has 0 fully saturated rings. The van der Waals surface area contributed by atoms with E-state index in [1.54, 1.807) is 0 Å². The van der Waals surface area contributed by atoms with E-state index in [0.29, 0.717) is 17.5 Å². The molecule has 4 aliphatic rings. The Morgan fingerprint density at radius 1 is 0.567 bits per heavy atom. The summed E-state index contributed by atoms with van der Waals surface area (Å²) in [6.07, 6.45) is 2.79. The number of rotatable bonds is 4. The maximum Gasteiger partial charge on any atom is -1.00 e. The molecule has 0 radical (unpaired) electrons. The fourth-order valence-electron chi connectivity index (χ4n) is 9.71. The van der Waals surface area contributed by atoms with Crippen molar-refractivity contribution in [2.45, 2.75) is 102 Å². The number of halogens is 8. The van der Waals surface area contributed by atoms with Gasteiger partial charge >= 0.3 is 348 Å². The summed E-state index contributed by atoms with van der Waals surface area (Å²) in [6, 6.07) is 20.2. The van der Waals surface area contributed by atoms with E-state index in [0.717, 1.165) is 27.5 Å². The summed E-state index contributed by atoms with van der Waals surface area (Å²) in [6.45, 7) is 22.6. The third kappa shape index (κ3) is 7.87. The molecule has 0 aliphatic heterocycles. The van der Waals surface area contributed by atoms with Crippen molar-refractivity contribution < 1.29 is 72.4 Å². The predicted octanol–water partition coefficient (Wildman–Crippen LogP) is 8.97. The van der Waals surface area contributed by atoms with Crippen LogP contribution < -0.4 is 24.8 Å². The quantitative estimate of drug-likeness (QED) is 0.180. The van der Waals surface area contributed by atoms with Crippen LogP contribution in [0.5, 0.6) is 0 Å². The van der Waals surface area contributed by atoms with Crippen LogP contribution in [0.15, 0.2) is 106 Å². The van der Waals surface area contributed by atoms with Gasteiger partial charge in [0.05, 0.1) is 0 Å². The summed E-state index contributed by atoms with van der Waals surface area (Å²) < 4.78 is 86.0. The zero-order valence-corrected chi connectivity index (χ0v) is 39.6. The van der Waals surface area contributed by atoms with Crippen molar-refractivity contribution in [3.63, 3.8) is 0 Å². The SMILES string of the molecule is CC(C)(C)C1=CC(C)(C)c2cc3c(cc21)-c1cc2c(cc1[CH]3[Zr+2]([C]1=CC=CC1)=[C](c1ccc(C(F)(F)F)cc1)c1ccc(C(F)(F)F)cc1)C(C)(C)C=C2C(C)(C)C.[Cl-].[Cl-]. The van der Waals surface area contributed by atoms with Gasteiger partial charge in [0.1, 0.15) is 0 Å². The van der Waals surface area contributed by atoms with Crippen LogP contribution in [0.4, 0.5) is 26.3 Å². The molecule has 0 amide bonds. The van der Waals surface area contributed by atoms with Crippen LogP contribution in [0.25, 0.3) is 22.3 Å². The van der Waals surface area contributed by atoms with E-state index in [1.165, 1.54) is 83.2 Å². The van der Waals surface area contributed by atoms with E-state index in [1.807, 2.05) is 0 Å². The van der Waals surface area contributed by atoms with Gasteiger partial charge in [0, 0.05) is 0 Å². The van der Waals surface area contributed by atoms with Crippen molar-refractivity contribution in [2.75, 3.05) is 0 Å². The van der Waals surface area contributed by atoms with Crippen LogP contribution in [0.1, 0.15) is 135 Å². The van der Waals surface area contributed by atoms with E-state index < -0.39 is 44.7 Å². The topological polar surface area (TPSA) is 0 Å². The Hall–Kier alpha value is -3.25. The van der Waals surface area contributed by atoms with Crippen LogP contribution in [-0.2, 0) is 44.4 Å². The average molecular weight is 939 g/mol. The number of hydrogen-bond acceptors (Lipinski definition) is 0. The minimum Gasteiger partial charge on any atom is -1.00 e. The Bertz CT molecular complexity index is 2390. The second-order valence-corrected chi connectivity index (χ2v) is 26.0. The molecule has 0 saturated carbocycles. The average Bonchev–Trinajstić information content (AvgIpc) is 3.87. The zero-order chi connectivity index (χ0) is 42.1. The molecule has 0 spiro atoms. The molecule has 0 nitrogen and oxygen atoms in total. The molecule has 0 bridgehead atoms.